The average Bonchev–Trinajstić information content (AvgIpc) is 2.69. The van der Waals surface area contributed by atoms with Crippen molar-refractivity contribution in [3.63, 3.8) is 0 Å². The van der Waals surface area contributed by atoms with Crippen LogP contribution >= 0.6 is 0 Å². The highest BCUT2D eigenvalue weighted by Crippen LogP contribution is 2.22. The number of hydrogen-bond donors (Lipinski definition) is 0. The zero-order valence-electron chi connectivity index (χ0n) is 14.8. The number of carbonyl (C=O) groups is 1. The molecule has 6 nitrogen and oxygen atoms in total. The van der Waals surface area contributed by atoms with Crippen LogP contribution in [0.25, 0.3) is 0 Å². The van der Waals surface area contributed by atoms with Crippen LogP contribution in [0.5, 0.6) is 0 Å². The Balaban J connectivity index is 1.76. The summed E-state index contributed by atoms with van der Waals surface area (Å²) in [5, 5.41) is 0. The van der Waals surface area contributed by atoms with Crippen LogP contribution in [0.1, 0.15) is 28.9 Å². The third-order valence-corrected chi connectivity index (χ3v) is 6.20. The van der Waals surface area contributed by atoms with Crippen LogP contribution in [0.4, 0.5) is 4.39 Å². The maximum absolute atomic E-state index is 13.0. The Hall–Kier alpha value is -2.29. The van der Waals surface area contributed by atoms with Gasteiger partial charge in [0.05, 0.1) is 23.7 Å². The first-order valence-electron chi connectivity index (χ1n) is 8.52. The largest absolute Gasteiger partial charge is 0.454 e. The molecule has 0 N–H and O–H groups in total. The van der Waals surface area contributed by atoms with Crippen LogP contribution in [0.15, 0.2) is 53.4 Å². The predicted molar refractivity (Wildman–Crippen MR) is 96.3 cm³/mol. The van der Waals surface area contributed by atoms with Crippen LogP contribution < -0.4 is 0 Å². The zero-order chi connectivity index (χ0) is 19.4. The Kier molecular flexibility index (Phi) is 5.88. The van der Waals surface area contributed by atoms with Gasteiger partial charge in [0.15, 0.2) is 0 Å². The first-order valence-corrected chi connectivity index (χ1v) is 9.96. The minimum atomic E-state index is -3.70. The van der Waals surface area contributed by atoms with Crippen molar-refractivity contribution in [2.24, 2.45) is 0 Å². The van der Waals surface area contributed by atoms with Gasteiger partial charge in [-0.3, -0.25) is 0 Å². The van der Waals surface area contributed by atoms with Crippen molar-refractivity contribution in [3.05, 3.63) is 65.5 Å². The van der Waals surface area contributed by atoms with Gasteiger partial charge in [-0.15, -0.1) is 0 Å². The lowest BCUT2D eigenvalue weighted by molar-refractivity contribution is 0.0337. The Morgan fingerprint density at radius 1 is 1.15 bits per heavy atom. The van der Waals surface area contributed by atoms with E-state index in [1.54, 1.807) is 6.92 Å². The molecule has 1 aliphatic rings. The summed E-state index contributed by atoms with van der Waals surface area (Å²) < 4.78 is 50.4. The molecule has 1 heterocycles. The Morgan fingerprint density at radius 3 is 2.48 bits per heavy atom. The molecule has 144 valence electrons. The fraction of sp³-hybridized carbons (Fsp3) is 0.316. The van der Waals surface area contributed by atoms with Gasteiger partial charge >= 0.3 is 5.97 Å². The third-order valence-electron chi connectivity index (χ3n) is 4.30. The highest BCUT2D eigenvalue weighted by atomic mass is 32.2. The Bertz CT molecular complexity index is 908. The number of esters is 1. The van der Waals surface area contributed by atoms with Crippen molar-refractivity contribution in [1.29, 1.82) is 0 Å². The lowest BCUT2D eigenvalue weighted by atomic mass is 10.1. The smallest absolute Gasteiger partial charge is 0.338 e. The summed E-state index contributed by atoms with van der Waals surface area (Å²) in [5.41, 5.74) is 0.778. The van der Waals surface area contributed by atoms with Crippen molar-refractivity contribution < 1.29 is 27.1 Å². The van der Waals surface area contributed by atoms with Crippen molar-refractivity contribution in [3.8, 4) is 0 Å². The quantitative estimate of drug-likeness (QED) is 0.731. The number of carbonyl (C=O) groups excluding carboxylic acids is 1. The second-order valence-corrected chi connectivity index (χ2v) is 8.08. The second kappa shape index (κ2) is 8.16. The second-order valence-electron chi connectivity index (χ2n) is 6.14. The molecule has 0 bridgehead atoms. The topological polar surface area (TPSA) is 72.9 Å². The van der Waals surface area contributed by atoms with E-state index in [4.69, 9.17) is 9.47 Å². The lowest BCUT2D eigenvalue weighted by Crippen LogP contribution is -2.40. The summed E-state index contributed by atoms with van der Waals surface area (Å²) in [6, 6.07) is 11.4. The molecule has 0 spiro atoms. The lowest BCUT2D eigenvalue weighted by Gasteiger charge is -2.26. The van der Waals surface area contributed by atoms with E-state index in [9.17, 15) is 17.6 Å². The molecule has 3 rings (SSSR count). The molecule has 2 aromatic carbocycles. The first-order chi connectivity index (χ1) is 12.9. The van der Waals surface area contributed by atoms with Crippen molar-refractivity contribution in [2.45, 2.75) is 17.9 Å². The molecular formula is C19H20FNO5S. The first kappa shape index (κ1) is 19.5. The van der Waals surface area contributed by atoms with Gasteiger partial charge in [-0.2, -0.15) is 4.31 Å². The van der Waals surface area contributed by atoms with Crippen molar-refractivity contribution >= 4 is 16.0 Å². The summed E-state index contributed by atoms with van der Waals surface area (Å²) in [7, 11) is -3.70. The summed E-state index contributed by atoms with van der Waals surface area (Å²) in [4.78, 5) is 12.5. The van der Waals surface area contributed by atoms with Gasteiger partial charge < -0.3 is 9.47 Å². The molecule has 0 saturated carbocycles. The molecule has 0 radical (unpaired) electrons. The predicted octanol–water partition coefficient (Wildman–Crippen LogP) is 2.76. The number of benzene rings is 2. The summed E-state index contributed by atoms with van der Waals surface area (Å²) >= 11 is 0. The van der Waals surface area contributed by atoms with Crippen molar-refractivity contribution in [1.82, 2.24) is 4.31 Å². The third kappa shape index (κ3) is 4.52. The van der Waals surface area contributed by atoms with E-state index in [2.05, 4.69) is 0 Å². The summed E-state index contributed by atoms with van der Waals surface area (Å²) in [6.07, 6.45) is -0.599. The minimum Gasteiger partial charge on any atom is -0.454 e. The normalized spacial score (nSPS) is 16.7. The summed E-state index contributed by atoms with van der Waals surface area (Å²) in [6.45, 7) is 2.91. The molecule has 2 aromatic rings. The van der Waals surface area contributed by atoms with E-state index < -0.39 is 22.1 Å². The highest BCUT2D eigenvalue weighted by molar-refractivity contribution is 7.89. The fourth-order valence-corrected chi connectivity index (χ4v) is 4.20. The number of halogens is 1. The van der Waals surface area contributed by atoms with Crippen LogP contribution in [-0.4, -0.2) is 45.0 Å². The van der Waals surface area contributed by atoms with Crippen LogP contribution in [-0.2, 0) is 19.5 Å². The van der Waals surface area contributed by atoms with E-state index in [1.165, 1.54) is 52.8 Å². The molecule has 0 aromatic heterocycles. The number of nitrogens with zero attached hydrogens (tertiary/aromatic N) is 1. The van der Waals surface area contributed by atoms with Gasteiger partial charge in [0.1, 0.15) is 11.9 Å². The van der Waals surface area contributed by atoms with Crippen LogP contribution in [0.2, 0.25) is 0 Å². The minimum absolute atomic E-state index is 0.0354. The number of hydrogen-bond acceptors (Lipinski definition) is 5. The maximum atomic E-state index is 13.0. The SMILES string of the molecule is C[C@@H](OC(=O)c1cccc(S(=O)(=O)N2CCOCC2)c1)c1ccc(F)cc1. The monoisotopic (exact) mass is 393 g/mol. The molecule has 8 heteroatoms. The number of ether oxygens (including phenoxy) is 2. The van der Waals surface area contributed by atoms with Crippen LogP contribution in [0, 0.1) is 5.82 Å². The van der Waals surface area contributed by atoms with Crippen LogP contribution in [0.3, 0.4) is 0 Å². The number of sulfonamides is 1. The molecule has 1 aliphatic heterocycles. The Labute approximate surface area is 157 Å². The van der Waals surface area contributed by atoms with Gasteiger partial charge in [-0.05, 0) is 42.8 Å². The molecule has 1 saturated heterocycles. The van der Waals surface area contributed by atoms with Crippen molar-refractivity contribution in [2.75, 3.05) is 26.3 Å². The summed E-state index contributed by atoms with van der Waals surface area (Å²) in [5.74, 6) is -1.02. The van der Waals surface area contributed by atoms with E-state index in [0.29, 0.717) is 18.8 Å². The number of rotatable bonds is 5. The van der Waals surface area contributed by atoms with Gasteiger partial charge in [-0.1, -0.05) is 18.2 Å². The van der Waals surface area contributed by atoms with E-state index in [1.807, 2.05) is 0 Å². The zero-order valence-corrected chi connectivity index (χ0v) is 15.6. The van der Waals surface area contributed by atoms with E-state index in [-0.39, 0.29) is 29.4 Å². The number of morpholine rings is 1. The molecule has 0 amide bonds. The fourth-order valence-electron chi connectivity index (χ4n) is 2.75. The van der Waals surface area contributed by atoms with E-state index >= 15 is 0 Å². The molecule has 1 fully saturated rings. The molecule has 0 aliphatic carbocycles. The average molecular weight is 393 g/mol. The van der Waals surface area contributed by atoms with Gasteiger partial charge in [0.2, 0.25) is 10.0 Å². The standard InChI is InChI=1S/C19H20FNO5S/c1-14(15-5-7-17(20)8-6-15)26-19(22)16-3-2-4-18(13-16)27(23,24)21-9-11-25-12-10-21/h2-8,13-14H,9-12H2,1H3/t14-/m1/s1. The highest BCUT2D eigenvalue weighted by Gasteiger charge is 2.27. The molecular weight excluding hydrogens is 373 g/mol. The molecule has 0 unspecified atom stereocenters. The van der Waals surface area contributed by atoms with E-state index in [0.717, 1.165) is 0 Å². The molecule has 1 atom stereocenters. The molecule has 27 heavy (non-hydrogen) atoms. The van der Waals surface area contributed by atoms with Gasteiger partial charge in [-0.25, -0.2) is 17.6 Å². The van der Waals surface area contributed by atoms with Gasteiger partial charge in [0.25, 0.3) is 0 Å². The Morgan fingerprint density at radius 2 is 1.81 bits per heavy atom. The maximum Gasteiger partial charge on any atom is 0.338 e. The van der Waals surface area contributed by atoms with Gasteiger partial charge in [0, 0.05) is 13.1 Å².